The molecule has 1 aromatic heterocycles. The first-order chi connectivity index (χ1) is 27.3. The third kappa shape index (κ3) is 5.24. The summed E-state index contributed by atoms with van der Waals surface area (Å²) in [5, 5.41) is 13.6. The second-order valence-electron chi connectivity index (χ2n) is 14.3. The highest BCUT2D eigenvalue weighted by molar-refractivity contribution is 6.26. The molecule has 0 radical (unpaired) electrons. The van der Waals surface area contributed by atoms with E-state index in [9.17, 15) is 0 Å². The average molecular weight is 703 g/mol. The van der Waals surface area contributed by atoms with Gasteiger partial charge in [0.15, 0.2) is 0 Å². The van der Waals surface area contributed by atoms with E-state index >= 15 is 0 Å². The highest BCUT2D eigenvalue weighted by Gasteiger charge is 2.22. The Labute approximate surface area is 318 Å². The molecule has 0 bridgehead atoms. The molecular formula is C52H34N2O. The number of benzene rings is 9. The lowest BCUT2D eigenvalue weighted by Gasteiger charge is -2.25. The summed E-state index contributed by atoms with van der Waals surface area (Å²) < 4.78 is 6.49. The summed E-state index contributed by atoms with van der Waals surface area (Å²) in [4.78, 5) is 5.07. The lowest BCUT2D eigenvalue weighted by Crippen LogP contribution is -2.31. The fraction of sp³-hybridized carbons (Fsp3) is 0.0192. The summed E-state index contributed by atoms with van der Waals surface area (Å²) in [6.07, 6.45) is 2.23. The van der Waals surface area contributed by atoms with Crippen LogP contribution < -0.4 is 5.32 Å². The fourth-order valence-electron chi connectivity index (χ4n) is 8.52. The zero-order valence-corrected chi connectivity index (χ0v) is 29.9. The Kier molecular flexibility index (Phi) is 7.24. The Morgan fingerprint density at radius 3 is 1.67 bits per heavy atom. The molecule has 1 atom stereocenters. The lowest BCUT2D eigenvalue weighted by atomic mass is 9.87. The number of furan rings is 1. The van der Waals surface area contributed by atoms with E-state index in [2.05, 4.69) is 181 Å². The summed E-state index contributed by atoms with van der Waals surface area (Å²) >= 11 is 0. The second kappa shape index (κ2) is 12.7. The van der Waals surface area contributed by atoms with Crippen LogP contribution >= 0.6 is 0 Å². The lowest BCUT2D eigenvalue weighted by molar-refractivity contribution is 0.669. The van der Waals surface area contributed by atoms with Crippen LogP contribution in [0.25, 0.3) is 82.2 Å². The molecule has 9 aromatic carbocycles. The molecule has 1 aliphatic heterocycles. The molecule has 55 heavy (non-hydrogen) atoms. The molecule has 258 valence electrons. The number of hydrogen-bond acceptors (Lipinski definition) is 3. The fourth-order valence-corrected chi connectivity index (χ4v) is 8.52. The van der Waals surface area contributed by atoms with Crippen LogP contribution in [-0.4, -0.2) is 5.84 Å². The molecule has 0 aliphatic carbocycles. The Balaban J connectivity index is 1.08. The van der Waals surface area contributed by atoms with Gasteiger partial charge in [-0.2, -0.15) is 0 Å². The Bertz CT molecular complexity index is 3120. The summed E-state index contributed by atoms with van der Waals surface area (Å²) in [6.45, 7) is 0. The Morgan fingerprint density at radius 2 is 0.982 bits per heavy atom. The summed E-state index contributed by atoms with van der Waals surface area (Å²) in [7, 11) is 0. The minimum Gasteiger partial charge on any atom is -0.456 e. The van der Waals surface area contributed by atoms with E-state index in [0.29, 0.717) is 0 Å². The van der Waals surface area contributed by atoms with Gasteiger partial charge in [0.05, 0.1) is 11.7 Å². The number of amidine groups is 1. The van der Waals surface area contributed by atoms with Crippen molar-refractivity contribution in [2.75, 3.05) is 0 Å². The summed E-state index contributed by atoms with van der Waals surface area (Å²) in [6, 6.07) is 67.1. The number of hydrogen-bond donors (Lipinski definition) is 1. The van der Waals surface area contributed by atoms with E-state index in [4.69, 9.17) is 9.41 Å². The van der Waals surface area contributed by atoms with Crippen LogP contribution in [-0.2, 0) is 0 Å². The molecular weight excluding hydrogens is 669 g/mol. The van der Waals surface area contributed by atoms with Crippen LogP contribution in [0.5, 0.6) is 0 Å². The van der Waals surface area contributed by atoms with E-state index < -0.39 is 0 Å². The number of nitrogens with one attached hydrogen (secondary N) is 1. The first-order valence-corrected chi connectivity index (χ1v) is 18.8. The standard InChI is InChI=1S/C52H34N2O/c1-3-13-34(14-4-1)46-32-47(54-52(53-46)36-15-5-2-6-16-36)35-25-23-33(24-26-35)38-29-30-49-51(44-21-11-12-22-48(44)55-49)50(38)37-27-28-43-41-19-8-7-17-39(41)40-18-9-10-20-42(40)45(43)31-37/h1-32,47H,(H,53,54). The molecule has 3 nitrogen and oxygen atoms in total. The minimum absolute atomic E-state index is 0.0553. The maximum atomic E-state index is 6.49. The van der Waals surface area contributed by atoms with E-state index in [-0.39, 0.29) is 6.04 Å². The molecule has 2 heterocycles. The summed E-state index contributed by atoms with van der Waals surface area (Å²) in [5.74, 6) is 0.868. The number of fused-ring (bicyclic) bond motifs is 9. The highest BCUT2D eigenvalue weighted by atomic mass is 16.3. The van der Waals surface area contributed by atoms with Crippen molar-refractivity contribution in [3.63, 3.8) is 0 Å². The SMILES string of the molecule is C1=C(c2ccccc2)N=C(c2ccccc2)NC1c1ccc(-c2ccc3oc4ccccc4c3c2-c2ccc3c4ccccc4c4ccccc4c3c2)cc1. The van der Waals surface area contributed by atoms with Gasteiger partial charge < -0.3 is 9.73 Å². The number of aliphatic imine (C=N–C) groups is 1. The maximum Gasteiger partial charge on any atom is 0.136 e. The van der Waals surface area contributed by atoms with Crippen molar-refractivity contribution in [1.82, 2.24) is 5.32 Å². The molecule has 0 saturated heterocycles. The van der Waals surface area contributed by atoms with E-state index in [1.54, 1.807) is 0 Å². The Hall–Kier alpha value is -7.23. The van der Waals surface area contributed by atoms with E-state index in [0.717, 1.165) is 55.7 Å². The first kappa shape index (κ1) is 31.3. The van der Waals surface area contributed by atoms with Crippen LogP contribution in [0.15, 0.2) is 204 Å². The molecule has 1 aliphatic rings. The number of rotatable bonds is 5. The van der Waals surface area contributed by atoms with E-state index in [1.165, 1.54) is 49.0 Å². The van der Waals surface area contributed by atoms with Crippen molar-refractivity contribution in [3.8, 4) is 22.3 Å². The zero-order valence-electron chi connectivity index (χ0n) is 29.9. The normalized spacial score (nSPS) is 14.4. The van der Waals surface area contributed by atoms with Gasteiger partial charge in [0.1, 0.15) is 17.0 Å². The molecule has 3 heteroatoms. The van der Waals surface area contributed by atoms with Crippen molar-refractivity contribution < 1.29 is 4.42 Å². The van der Waals surface area contributed by atoms with Crippen LogP contribution in [0.4, 0.5) is 0 Å². The van der Waals surface area contributed by atoms with Crippen molar-refractivity contribution >= 4 is 65.8 Å². The molecule has 0 spiro atoms. The number of para-hydroxylation sites is 1. The van der Waals surface area contributed by atoms with Gasteiger partial charge in [0.25, 0.3) is 0 Å². The van der Waals surface area contributed by atoms with Crippen LogP contribution in [0.1, 0.15) is 22.7 Å². The quantitative estimate of drug-likeness (QED) is 0.181. The minimum atomic E-state index is -0.0553. The largest absolute Gasteiger partial charge is 0.456 e. The summed E-state index contributed by atoms with van der Waals surface area (Å²) in [5.41, 5.74) is 10.7. The predicted octanol–water partition coefficient (Wildman–Crippen LogP) is 13.5. The third-order valence-corrected chi connectivity index (χ3v) is 11.1. The molecule has 10 aromatic rings. The predicted molar refractivity (Wildman–Crippen MR) is 230 cm³/mol. The second-order valence-corrected chi connectivity index (χ2v) is 14.3. The zero-order chi connectivity index (χ0) is 36.3. The van der Waals surface area contributed by atoms with Gasteiger partial charge >= 0.3 is 0 Å². The number of nitrogens with zero attached hydrogens (tertiary/aromatic N) is 1. The van der Waals surface area contributed by atoms with Gasteiger partial charge in [0.2, 0.25) is 0 Å². The molecule has 1 N–H and O–H groups in total. The van der Waals surface area contributed by atoms with Gasteiger partial charge in [-0.3, -0.25) is 0 Å². The smallest absolute Gasteiger partial charge is 0.136 e. The maximum absolute atomic E-state index is 6.49. The first-order valence-electron chi connectivity index (χ1n) is 18.8. The third-order valence-electron chi connectivity index (χ3n) is 11.1. The van der Waals surface area contributed by atoms with Crippen molar-refractivity contribution in [2.24, 2.45) is 4.99 Å². The van der Waals surface area contributed by atoms with Crippen LogP contribution in [0.3, 0.4) is 0 Å². The van der Waals surface area contributed by atoms with Crippen molar-refractivity contribution in [2.45, 2.75) is 6.04 Å². The van der Waals surface area contributed by atoms with Crippen molar-refractivity contribution in [1.29, 1.82) is 0 Å². The van der Waals surface area contributed by atoms with Gasteiger partial charge in [0, 0.05) is 21.9 Å². The van der Waals surface area contributed by atoms with Crippen molar-refractivity contribution in [3.05, 3.63) is 211 Å². The van der Waals surface area contributed by atoms with Crippen LogP contribution in [0.2, 0.25) is 0 Å². The van der Waals surface area contributed by atoms with E-state index in [1.807, 2.05) is 18.2 Å². The molecule has 1 unspecified atom stereocenters. The van der Waals surface area contributed by atoms with Gasteiger partial charge in [-0.25, -0.2) is 4.99 Å². The van der Waals surface area contributed by atoms with Gasteiger partial charge in [-0.15, -0.1) is 0 Å². The van der Waals surface area contributed by atoms with Crippen LogP contribution in [0, 0.1) is 0 Å². The molecule has 0 saturated carbocycles. The highest BCUT2D eigenvalue weighted by Crippen LogP contribution is 2.45. The van der Waals surface area contributed by atoms with Gasteiger partial charge in [-0.05, 0) is 84.4 Å². The van der Waals surface area contributed by atoms with Gasteiger partial charge in [-0.1, -0.05) is 170 Å². The molecule has 0 amide bonds. The average Bonchev–Trinajstić information content (AvgIpc) is 3.65. The molecule has 0 fully saturated rings. The topological polar surface area (TPSA) is 37.5 Å². The molecule has 11 rings (SSSR count). The monoisotopic (exact) mass is 702 g/mol. The Morgan fingerprint density at radius 1 is 0.418 bits per heavy atom.